The summed E-state index contributed by atoms with van der Waals surface area (Å²) in [6.45, 7) is 3.74. The number of benzene rings is 1. The van der Waals surface area contributed by atoms with Crippen LogP contribution in [0.1, 0.15) is 24.3 Å². The van der Waals surface area contributed by atoms with Crippen LogP contribution in [-0.4, -0.2) is 48.8 Å². The summed E-state index contributed by atoms with van der Waals surface area (Å²) in [7, 11) is 0. The predicted molar refractivity (Wildman–Crippen MR) is 97.5 cm³/mol. The molecule has 1 unspecified atom stereocenters. The zero-order valence-corrected chi connectivity index (χ0v) is 15.3. The summed E-state index contributed by atoms with van der Waals surface area (Å²) >= 11 is 0. The molecule has 0 radical (unpaired) electrons. The van der Waals surface area contributed by atoms with Crippen LogP contribution in [0.3, 0.4) is 0 Å². The van der Waals surface area contributed by atoms with E-state index in [2.05, 4.69) is 20.2 Å². The standard InChI is InChI=1S/C19H22N6O2/c1-14-5-2-3-7-16(14)19-22-17(27-23-19)9-15-6-4-8-24(10-15)18(26)11-25-13-20-12-21-25/h2-3,5,7,12-13,15H,4,6,8-11H2,1H3. The minimum absolute atomic E-state index is 0.0660. The van der Waals surface area contributed by atoms with Crippen molar-refractivity contribution in [1.29, 1.82) is 0 Å². The van der Waals surface area contributed by atoms with Gasteiger partial charge in [0, 0.05) is 25.1 Å². The van der Waals surface area contributed by atoms with Gasteiger partial charge in [-0.05, 0) is 31.2 Å². The molecule has 0 spiro atoms. The average Bonchev–Trinajstić information content (AvgIpc) is 3.34. The lowest BCUT2D eigenvalue weighted by atomic mass is 9.94. The Hall–Kier alpha value is -3.03. The molecule has 1 saturated heterocycles. The topological polar surface area (TPSA) is 89.9 Å². The average molecular weight is 366 g/mol. The van der Waals surface area contributed by atoms with E-state index in [0.29, 0.717) is 30.6 Å². The van der Waals surface area contributed by atoms with Gasteiger partial charge < -0.3 is 9.42 Å². The van der Waals surface area contributed by atoms with Crippen LogP contribution in [0.5, 0.6) is 0 Å². The molecule has 4 rings (SSSR count). The maximum absolute atomic E-state index is 12.5. The van der Waals surface area contributed by atoms with Crippen molar-refractivity contribution in [2.45, 2.75) is 32.7 Å². The molecule has 0 saturated carbocycles. The molecule has 1 aliphatic rings. The van der Waals surface area contributed by atoms with E-state index in [4.69, 9.17) is 4.52 Å². The fourth-order valence-corrected chi connectivity index (χ4v) is 3.53. The summed E-state index contributed by atoms with van der Waals surface area (Å²) in [5, 5.41) is 8.13. The van der Waals surface area contributed by atoms with Crippen molar-refractivity contribution in [1.82, 2.24) is 29.8 Å². The summed E-state index contributed by atoms with van der Waals surface area (Å²) in [4.78, 5) is 22.8. The van der Waals surface area contributed by atoms with Crippen molar-refractivity contribution in [2.24, 2.45) is 5.92 Å². The molecule has 1 aliphatic heterocycles. The Bertz CT molecular complexity index is 905. The molecule has 1 aromatic carbocycles. The monoisotopic (exact) mass is 366 g/mol. The molecule has 0 bridgehead atoms. The number of hydrogen-bond donors (Lipinski definition) is 0. The van der Waals surface area contributed by atoms with Crippen LogP contribution in [-0.2, 0) is 17.8 Å². The molecule has 3 heterocycles. The Morgan fingerprint density at radius 1 is 1.33 bits per heavy atom. The van der Waals surface area contributed by atoms with Gasteiger partial charge >= 0.3 is 0 Å². The number of aryl methyl sites for hydroxylation is 1. The van der Waals surface area contributed by atoms with Crippen LogP contribution in [0.2, 0.25) is 0 Å². The minimum atomic E-state index is 0.0660. The first kappa shape index (κ1) is 17.4. The molecular formula is C19H22N6O2. The Labute approximate surface area is 157 Å². The maximum Gasteiger partial charge on any atom is 0.244 e. The first-order valence-corrected chi connectivity index (χ1v) is 9.18. The molecule has 1 fully saturated rings. The van der Waals surface area contributed by atoms with Gasteiger partial charge in [0.25, 0.3) is 0 Å². The van der Waals surface area contributed by atoms with Crippen LogP contribution < -0.4 is 0 Å². The largest absolute Gasteiger partial charge is 0.341 e. The summed E-state index contributed by atoms with van der Waals surface area (Å²) in [6.07, 6.45) is 5.71. The van der Waals surface area contributed by atoms with Crippen molar-refractivity contribution < 1.29 is 9.32 Å². The minimum Gasteiger partial charge on any atom is -0.341 e. The number of rotatable bonds is 5. The van der Waals surface area contributed by atoms with Crippen molar-refractivity contribution >= 4 is 5.91 Å². The van der Waals surface area contributed by atoms with E-state index in [9.17, 15) is 4.79 Å². The number of aromatic nitrogens is 5. The van der Waals surface area contributed by atoms with E-state index in [-0.39, 0.29) is 12.5 Å². The van der Waals surface area contributed by atoms with Crippen molar-refractivity contribution in [3.8, 4) is 11.4 Å². The van der Waals surface area contributed by atoms with Crippen LogP contribution in [0.25, 0.3) is 11.4 Å². The lowest BCUT2D eigenvalue weighted by Crippen LogP contribution is -2.42. The highest BCUT2D eigenvalue weighted by Crippen LogP contribution is 2.23. The number of carbonyl (C=O) groups excluding carboxylic acids is 1. The lowest BCUT2D eigenvalue weighted by Gasteiger charge is -2.32. The SMILES string of the molecule is Cc1ccccc1-c1noc(CC2CCCN(C(=O)Cn3cncn3)C2)n1. The molecule has 140 valence electrons. The van der Waals surface area contributed by atoms with Crippen molar-refractivity contribution in [3.63, 3.8) is 0 Å². The third-order valence-electron chi connectivity index (χ3n) is 4.95. The van der Waals surface area contributed by atoms with E-state index in [0.717, 1.165) is 30.5 Å². The second kappa shape index (κ2) is 7.69. The number of likely N-dealkylation sites (tertiary alicyclic amines) is 1. The van der Waals surface area contributed by atoms with Gasteiger partial charge in [0.05, 0.1) is 0 Å². The molecule has 1 atom stereocenters. The molecule has 3 aromatic rings. The Kier molecular flexibility index (Phi) is 4.95. The smallest absolute Gasteiger partial charge is 0.244 e. The molecule has 2 aromatic heterocycles. The third kappa shape index (κ3) is 4.05. The van der Waals surface area contributed by atoms with Crippen molar-refractivity contribution in [2.75, 3.05) is 13.1 Å². The predicted octanol–water partition coefficient (Wildman–Crippen LogP) is 2.12. The van der Waals surface area contributed by atoms with E-state index >= 15 is 0 Å². The normalized spacial score (nSPS) is 17.2. The first-order valence-electron chi connectivity index (χ1n) is 9.18. The van der Waals surface area contributed by atoms with Gasteiger partial charge in [-0.25, -0.2) is 9.67 Å². The van der Waals surface area contributed by atoms with Crippen LogP contribution >= 0.6 is 0 Å². The van der Waals surface area contributed by atoms with E-state index < -0.39 is 0 Å². The van der Waals surface area contributed by atoms with E-state index in [1.165, 1.54) is 6.33 Å². The fraction of sp³-hybridized carbons (Fsp3) is 0.421. The van der Waals surface area contributed by atoms with Crippen LogP contribution in [0.4, 0.5) is 0 Å². The summed E-state index contributed by atoms with van der Waals surface area (Å²) in [5.41, 5.74) is 2.10. The summed E-state index contributed by atoms with van der Waals surface area (Å²) < 4.78 is 7.02. The van der Waals surface area contributed by atoms with Gasteiger partial charge in [0.2, 0.25) is 17.6 Å². The van der Waals surface area contributed by atoms with Gasteiger partial charge in [0.15, 0.2) is 0 Å². The van der Waals surface area contributed by atoms with Gasteiger partial charge in [-0.15, -0.1) is 0 Å². The number of carbonyl (C=O) groups is 1. The highest BCUT2D eigenvalue weighted by Gasteiger charge is 2.26. The molecule has 27 heavy (non-hydrogen) atoms. The van der Waals surface area contributed by atoms with E-state index in [1.807, 2.05) is 36.1 Å². The quantitative estimate of drug-likeness (QED) is 0.687. The second-order valence-corrected chi connectivity index (χ2v) is 6.97. The maximum atomic E-state index is 12.5. The number of amides is 1. The van der Waals surface area contributed by atoms with Gasteiger partial charge in [0.1, 0.15) is 19.2 Å². The molecule has 8 heteroatoms. The first-order chi connectivity index (χ1) is 13.2. The van der Waals surface area contributed by atoms with Gasteiger partial charge in [-0.2, -0.15) is 10.1 Å². The Morgan fingerprint density at radius 2 is 2.22 bits per heavy atom. The molecule has 0 aliphatic carbocycles. The highest BCUT2D eigenvalue weighted by molar-refractivity contribution is 5.76. The summed E-state index contributed by atoms with van der Waals surface area (Å²) in [5.74, 6) is 1.64. The Balaban J connectivity index is 1.38. The number of nitrogens with zero attached hydrogens (tertiary/aromatic N) is 6. The summed E-state index contributed by atoms with van der Waals surface area (Å²) in [6, 6.07) is 7.99. The van der Waals surface area contributed by atoms with Crippen LogP contribution in [0.15, 0.2) is 41.4 Å². The lowest BCUT2D eigenvalue weighted by molar-refractivity contribution is -0.133. The zero-order valence-electron chi connectivity index (χ0n) is 15.3. The Morgan fingerprint density at radius 3 is 3.04 bits per heavy atom. The number of piperidine rings is 1. The highest BCUT2D eigenvalue weighted by atomic mass is 16.5. The molecule has 0 N–H and O–H groups in total. The second-order valence-electron chi connectivity index (χ2n) is 6.97. The third-order valence-corrected chi connectivity index (χ3v) is 4.95. The number of hydrogen-bond acceptors (Lipinski definition) is 6. The molecular weight excluding hydrogens is 344 g/mol. The van der Waals surface area contributed by atoms with Crippen LogP contribution in [0, 0.1) is 12.8 Å². The molecule has 8 nitrogen and oxygen atoms in total. The zero-order chi connectivity index (χ0) is 18.6. The molecule has 1 amide bonds. The van der Waals surface area contributed by atoms with Crippen molar-refractivity contribution in [3.05, 3.63) is 48.4 Å². The fourth-order valence-electron chi connectivity index (χ4n) is 3.53. The van der Waals surface area contributed by atoms with Gasteiger partial charge in [-0.1, -0.05) is 29.4 Å². The van der Waals surface area contributed by atoms with E-state index in [1.54, 1.807) is 11.0 Å². The van der Waals surface area contributed by atoms with Gasteiger partial charge in [-0.3, -0.25) is 4.79 Å².